The SMILES string of the molecule is CC/C=C\C/C=C\C/C=C\C/C=C\CCCCCCC(=O)OC(COC(=O)CCCCCCCCCCCCCC)COC(=O)CCCCCCCCCCCCCCCCCC/C=C\C/C=C\C/C=C\CCCCCCC. The zero-order valence-electron chi connectivity index (χ0n) is 51.7. The highest BCUT2D eigenvalue weighted by Gasteiger charge is 2.19. The molecule has 0 aromatic heterocycles. The predicted octanol–water partition coefficient (Wildman–Crippen LogP) is 23.1. The second-order valence-corrected chi connectivity index (χ2v) is 22.4. The lowest BCUT2D eigenvalue weighted by molar-refractivity contribution is -0.167. The third-order valence-electron chi connectivity index (χ3n) is 14.6. The van der Waals surface area contributed by atoms with Gasteiger partial charge in [-0.15, -0.1) is 0 Å². The monoisotopic (exact) mass is 1090 g/mol. The van der Waals surface area contributed by atoms with E-state index in [4.69, 9.17) is 14.2 Å². The molecule has 6 nitrogen and oxygen atoms in total. The number of allylic oxidation sites excluding steroid dienone is 14. The zero-order chi connectivity index (χ0) is 56.4. The summed E-state index contributed by atoms with van der Waals surface area (Å²) in [5.41, 5.74) is 0. The van der Waals surface area contributed by atoms with Gasteiger partial charge in [0.1, 0.15) is 13.2 Å². The van der Waals surface area contributed by atoms with Crippen LogP contribution in [0.2, 0.25) is 0 Å². The Morgan fingerprint density at radius 2 is 0.500 bits per heavy atom. The van der Waals surface area contributed by atoms with Gasteiger partial charge in [-0.2, -0.15) is 0 Å². The number of esters is 3. The number of carbonyl (C=O) groups is 3. The Balaban J connectivity index is 4.20. The van der Waals surface area contributed by atoms with E-state index in [1.807, 2.05) is 0 Å². The summed E-state index contributed by atoms with van der Waals surface area (Å²) in [5, 5.41) is 0. The summed E-state index contributed by atoms with van der Waals surface area (Å²) in [4.78, 5) is 38.3. The highest BCUT2D eigenvalue weighted by molar-refractivity contribution is 5.71. The van der Waals surface area contributed by atoms with Crippen LogP contribution >= 0.6 is 0 Å². The Labute approximate surface area is 484 Å². The molecule has 0 aliphatic rings. The molecule has 0 saturated heterocycles. The van der Waals surface area contributed by atoms with Crippen molar-refractivity contribution in [2.45, 2.75) is 341 Å². The quantitative estimate of drug-likeness (QED) is 0.0261. The van der Waals surface area contributed by atoms with Crippen molar-refractivity contribution in [3.63, 3.8) is 0 Å². The van der Waals surface area contributed by atoms with Crippen molar-refractivity contribution >= 4 is 17.9 Å². The van der Waals surface area contributed by atoms with E-state index in [-0.39, 0.29) is 31.1 Å². The summed E-state index contributed by atoms with van der Waals surface area (Å²) in [5.74, 6) is -0.893. The summed E-state index contributed by atoms with van der Waals surface area (Å²) >= 11 is 0. The van der Waals surface area contributed by atoms with Crippen molar-refractivity contribution in [3.8, 4) is 0 Å². The maximum absolute atomic E-state index is 12.9. The highest BCUT2D eigenvalue weighted by Crippen LogP contribution is 2.17. The number of ether oxygens (including phenoxy) is 3. The fourth-order valence-electron chi connectivity index (χ4n) is 9.62. The molecule has 1 atom stereocenters. The molecule has 0 rings (SSSR count). The average Bonchev–Trinajstić information content (AvgIpc) is 3.44. The minimum Gasteiger partial charge on any atom is -0.462 e. The molecule has 0 heterocycles. The van der Waals surface area contributed by atoms with E-state index in [0.717, 1.165) is 109 Å². The molecule has 0 bridgehead atoms. The van der Waals surface area contributed by atoms with E-state index in [2.05, 4.69) is 106 Å². The van der Waals surface area contributed by atoms with Crippen LogP contribution in [0.3, 0.4) is 0 Å². The molecule has 6 heteroatoms. The maximum Gasteiger partial charge on any atom is 0.306 e. The minimum atomic E-state index is -0.788. The molecule has 78 heavy (non-hydrogen) atoms. The third kappa shape index (κ3) is 63.4. The first-order valence-corrected chi connectivity index (χ1v) is 33.6. The van der Waals surface area contributed by atoms with E-state index in [1.54, 1.807) is 0 Å². The number of carbonyl (C=O) groups excluding carboxylic acids is 3. The lowest BCUT2D eigenvalue weighted by Crippen LogP contribution is -2.30. The molecule has 0 saturated carbocycles. The second kappa shape index (κ2) is 66.1. The molecule has 0 aromatic rings. The van der Waals surface area contributed by atoms with Crippen LogP contribution in [0, 0.1) is 0 Å². The normalized spacial score (nSPS) is 12.6. The molecule has 1 unspecified atom stereocenters. The Bertz CT molecular complexity index is 1480. The van der Waals surface area contributed by atoms with Gasteiger partial charge in [-0.1, -0.05) is 305 Å². The topological polar surface area (TPSA) is 78.9 Å². The fourth-order valence-corrected chi connectivity index (χ4v) is 9.62. The molecular formula is C72H126O6. The molecule has 0 radical (unpaired) electrons. The van der Waals surface area contributed by atoms with Gasteiger partial charge in [-0.05, 0) is 96.3 Å². The van der Waals surface area contributed by atoms with Crippen molar-refractivity contribution in [3.05, 3.63) is 85.1 Å². The van der Waals surface area contributed by atoms with Gasteiger partial charge in [0.2, 0.25) is 0 Å². The molecule has 0 N–H and O–H groups in total. The van der Waals surface area contributed by atoms with E-state index >= 15 is 0 Å². The lowest BCUT2D eigenvalue weighted by Gasteiger charge is -2.18. The van der Waals surface area contributed by atoms with Crippen molar-refractivity contribution < 1.29 is 28.6 Å². The van der Waals surface area contributed by atoms with Gasteiger partial charge in [0.15, 0.2) is 6.10 Å². The summed E-state index contributed by atoms with van der Waals surface area (Å²) in [6, 6.07) is 0. The zero-order valence-corrected chi connectivity index (χ0v) is 51.7. The molecule has 450 valence electrons. The predicted molar refractivity (Wildman–Crippen MR) is 339 cm³/mol. The Kier molecular flexibility index (Phi) is 63.2. The summed E-state index contributed by atoms with van der Waals surface area (Å²) in [6.07, 6.45) is 87.5. The summed E-state index contributed by atoms with van der Waals surface area (Å²) in [6.45, 7) is 6.52. The maximum atomic E-state index is 12.9. The summed E-state index contributed by atoms with van der Waals surface area (Å²) in [7, 11) is 0. The van der Waals surface area contributed by atoms with Gasteiger partial charge in [-0.25, -0.2) is 0 Å². The van der Waals surface area contributed by atoms with Crippen LogP contribution in [-0.4, -0.2) is 37.2 Å². The molecule has 0 aliphatic carbocycles. The minimum absolute atomic E-state index is 0.0828. The van der Waals surface area contributed by atoms with Crippen LogP contribution in [0.25, 0.3) is 0 Å². The first kappa shape index (κ1) is 74.6. The van der Waals surface area contributed by atoms with Crippen LogP contribution in [-0.2, 0) is 28.6 Å². The van der Waals surface area contributed by atoms with Crippen molar-refractivity contribution in [1.29, 1.82) is 0 Å². The highest BCUT2D eigenvalue weighted by atomic mass is 16.6. The smallest absolute Gasteiger partial charge is 0.306 e. The molecule has 0 spiro atoms. The molecule has 0 aromatic carbocycles. The van der Waals surface area contributed by atoms with Gasteiger partial charge < -0.3 is 14.2 Å². The van der Waals surface area contributed by atoms with Crippen molar-refractivity contribution in [2.75, 3.05) is 13.2 Å². The lowest BCUT2D eigenvalue weighted by atomic mass is 10.0. The van der Waals surface area contributed by atoms with E-state index in [9.17, 15) is 14.4 Å². The van der Waals surface area contributed by atoms with Gasteiger partial charge in [-0.3, -0.25) is 14.4 Å². The number of hydrogen-bond acceptors (Lipinski definition) is 6. The second-order valence-electron chi connectivity index (χ2n) is 22.4. The van der Waals surface area contributed by atoms with Gasteiger partial charge >= 0.3 is 17.9 Å². The van der Waals surface area contributed by atoms with Gasteiger partial charge in [0, 0.05) is 19.3 Å². The largest absolute Gasteiger partial charge is 0.462 e. The van der Waals surface area contributed by atoms with Crippen molar-refractivity contribution in [1.82, 2.24) is 0 Å². The van der Waals surface area contributed by atoms with Crippen LogP contribution in [0.5, 0.6) is 0 Å². The molecule has 0 amide bonds. The number of unbranched alkanes of at least 4 members (excludes halogenated alkanes) is 36. The first-order chi connectivity index (χ1) is 38.5. The fraction of sp³-hybridized carbons (Fsp3) is 0.764. The van der Waals surface area contributed by atoms with Crippen LogP contribution < -0.4 is 0 Å². The molecule has 0 aliphatic heterocycles. The van der Waals surface area contributed by atoms with Crippen molar-refractivity contribution in [2.24, 2.45) is 0 Å². The third-order valence-corrected chi connectivity index (χ3v) is 14.6. The Hall–Kier alpha value is -3.41. The average molecular weight is 1090 g/mol. The van der Waals surface area contributed by atoms with E-state index < -0.39 is 6.10 Å². The van der Waals surface area contributed by atoms with Crippen LogP contribution in [0.15, 0.2) is 85.1 Å². The van der Waals surface area contributed by atoms with E-state index in [0.29, 0.717) is 19.3 Å². The van der Waals surface area contributed by atoms with Crippen LogP contribution in [0.4, 0.5) is 0 Å². The van der Waals surface area contributed by atoms with E-state index in [1.165, 1.54) is 186 Å². The molecule has 0 fully saturated rings. The summed E-state index contributed by atoms with van der Waals surface area (Å²) < 4.78 is 16.9. The van der Waals surface area contributed by atoms with Gasteiger partial charge in [0.05, 0.1) is 0 Å². The molecular weight excluding hydrogens is 961 g/mol. The van der Waals surface area contributed by atoms with Gasteiger partial charge in [0.25, 0.3) is 0 Å². The number of hydrogen-bond donors (Lipinski definition) is 0. The first-order valence-electron chi connectivity index (χ1n) is 33.6. The Morgan fingerprint density at radius 3 is 0.782 bits per heavy atom. The standard InChI is InChI=1S/C72H126O6/c1-4-7-10-13-16-19-22-25-27-29-30-31-32-33-34-35-36-37-38-39-40-41-42-44-45-47-50-53-56-59-62-65-71(74)77-68-69(67-76-70(73)64-61-58-55-52-49-24-21-18-15-12-9-6-3)78-72(75)66-63-60-57-54-51-48-46-43-28-26-23-20-17-14-11-8-5-2/h8,11,17,20,22,25-26,28-30,32-33,46,48,69H,4-7,9-10,12-16,18-19,21,23-24,27,31,34-45,47,49-68H2,1-3H3/b11-8-,20-17-,25-22-,28-26-,30-29-,33-32-,48-46-. The van der Waals surface area contributed by atoms with Crippen LogP contribution in [0.1, 0.15) is 335 Å². The Morgan fingerprint density at radius 1 is 0.269 bits per heavy atom. The number of rotatable bonds is 61.